The van der Waals surface area contributed by atoms with E-state index in [1.165, 1.54) is 12.1 Å². The molecule has 9 heteroatoms. The van der Waals surface area contributed by atoms with E-state index in [1.807, 2.05) is 0 Å². The van der Waals surface area contributed by atoms with E-state index in [1.54, 1.807) is 12.1 Å². The highest BCUT2D eigenvalue weighted by Crippen LogP contribution is 2.11. The maximum absolute atomic E-state index is 12.6. The fourth-order valence-electron chi connectivity index (χ4n) is 3.02. The molecule has 9 nitrogen and oxygen atoms in total. The van der Waals surface area contributed by atoms with Gasteiger partial charge in [0.05, 0.1) is 12.1 Å². The van der Waals surface area contributed by atoms with Crippen LogP contribution >= 0.6 is 0 Å². The van der Waals surface area contributed by atoms with Crippen LogP contribution in [-0.4, -0.2) is 59.0 Å². The van der Waals surface area contributed by atoms with Gasteiger partial charge in [-0.2, -0.15) is 0 Å². The summed E-state index contributed by atoms with van der Waals surface area (Å²) in [6, 6.07) is 3.92. The van der Waals surface area contributed by atoms with Gasteiger partial charge >= 0.3 is 5.97 Å². The second-order valence-corrected chi connectivity index (χ2v) is 6.76. The first-order valence-corrected chi connectivity index (χ1v) is 9.18. The van der Waals surface area contributed by atoms with Crippen molar-refractivity contribution < 1.29 is 29.4 Å². The molecule has 0 aliphatic carbocycles. The van der Waals surface area contributed by atoms with Crippen LogP contribution in [0.25, 0.3) is 0 Å². The van der Waals surface area contributed by atoms with Gasteiger partial charge in [-0.1, -0.05) is 12.1 Å². The van der Waals surface area contributed by atoms with E-state index in [-0.39, 0.29) is 30.9 Å². The van der Waals surface area contributed by atoms with Crippen LogP contribution < -0.4 is 16.0 Å². The number of carboxylic acids is 1. The fraction of sp³-hybridized carbons (Fsp3) is 0.474. The molecule has 0 radical (unpaired) electrons. The number of aldehydes is 1. The van der Waals surface area contributed by atoms with E-state index >= 15 is 0 Å². The van der Waals surface area contributed by atoms with E-state index in [4.69, 9.17) is 5.11 Å². The predicted molar refractivity (Wildman–Crippen MR) is 99.6 cm³/mol. The zero-order chi connectivity index (χ0) is 20.5. The second kappa shape index (κ2) is 10.4. The summed E-state index contributed by atoms with van der Waals surface area (Å²) in [5.41, 5.74) is 0.733. The molecule has 1 fully saturated rings. The lowest BCUT2D eigenvalue weighted by atomic mass is 10.0. The molecule has 5 N–H and O–H groups in total. The van der Waals surface area contributed by atoms with Crippen molar-refractivity contribution in [1.82, 2.24) is 16.0 Å². The highest BCUT2D eigenvalue weighted by atomic mass is 16.4. The number of phenolic OH excluding ortho intramolecular Hbond substituents is 1. The lowest BCUT2D eigenvalue weighted by Gasteiger charge is -2.22. The SMILES string of the molecule is O=C[C@H](Cc1ccc(O)cc1)NC(=O)[C@H](CCC(=O)O)NC(=O)[C@@H]1CCCN1. The normalized spacial score (nSPS) is 18.1. The Morgan fingerprint density at radius 3 is 2.50 bits per heavy atom. The van der Waals surface area contributed by atoms with Crippen molar-refractivity contribution in [2.75, 3.05) is 6.54 Å². The molecule has 1 saturated heterocycles. The van der Waals surface area contributed by atoms with Crippen LogP contribution in [0.2, 0.25) is 0 Å². The lowest BCUT2D eigenvalue weighted by molar-refractivity contribution is -0.138. The Labute approximate surface area is 162 Å². The first-order valence-electron chi connectivity index (χ1n) is 9.18. The highest BCUT2D eigenvalue weighted by molar-refractivity contribution is 5.91. The Kier molecular flexibility index (Phi) is 7.94. The van der Waals surface area contributed by atoms with Gasteiger partial charge in [-0.25, -0.2) is 0 Å². The predicted octanol–water partition coefficient (Wildman–Crippen LogP) is -0.280. The monoisotopic (exact) mass is 391 g/mol. The van der Waals surface area contributed by atoms with Crippen LogP contribution in [0, 0.1) is 0 Å². The minimum Gasteiger partial charge on any atom is -0.508 e. The molecule has 0 saturated carbocycles. The number of aromatic hydroxyl groups is 1. The van der Waals surface area contributed by atoms with E-state index < -0.39 is 30.0 Å². The topological polar surface area (TPSA) is 145 Å². The third kappa shape index (κ3) is 6.66. The fourth-order valence-corrected chi connectivity index (χ4v) is 3.02. The van der Waals surface area contributed by atoms with Crippen molar-refractivity contribution in [3.63, 3.8) is 0 Å². The number of aliphatic carboxylic acids is 1. The first-order chi connectivity index (χ1) is 13.4. The van der Waals surface area contributed by atoms with Gasteiger partial charge in [0.15, 0.2) is 0 Å². The average Bonchev–Trinajstić information content (AvgIpc) is 3.20. The molecule has 28 heavy (non-hydrogen) atoms. The number of carboxylic acid groups (broad SMARTS) is 1. The molecular weight excluding hydrogens is 366 g/mol. The average molecular weight is 391 g/mol. The molecular formula is C19H25N3O6. The Bertz CT molecular complexity index is 700. The van der Waals surface area contributed by atoms with Crippen molar-refractivity contribution in [3.05, 3.63) is 29.8 Å². The number of nitrogens with one attached hydrogen (secondary N) is 3. The van der Waals surface area contributed by atoms with E-state index in [0.29, 0.717) is 19.3 Å². The molecule has 1 aromatic rings. The lowest BCUT2D eigenvalue weighted by Crippen LogP contribution is -2.53. The zero-order valence-corrected chi connectivity index (χ0v) is 15.4. The van der Waals surface area contributed by atoms with E-state index in [0.717, 1.165) is 12.0 Å². The van der Waals surface area contributed by atoms with Crippen molar-refractivity contribution in [2.24, 2.45) is 0 Å². The summed E-state index contributed by atoms with van der Waals surface area (Å²) < 4.78 is 0. The highest BCUT2D eigenvalue weighted by Gasteiger charge is 2.28. The molecule has 1 aliphatic heterocycles. The molecule has 0 unspecified atom stereocenters. The Balaban J connectivity index is 1.99. The smallest absolute Gasteiger partial charge is 0.303 e. The minimum absolute atomic E-state index is 0.0790. The van der Waals surface area contributed by atoms with Gasteiger partial charge in [0.25, 0.3) is 0 Å². The molecule has 1 heterocycles. The van der Waals surface area contributed by atoms with Crippen LogP contribution in [0.4, 0.5) is 0 Å². The van der Waals surface area contributed by atoms with Gasteiger partial charge in [-0.15, -0.1) is 0 Å². The Hall–Kier alpha value is -2.94. The number of hydrogen-bond donors (Lipinski definition) is 5. The minimum atomic E-state index is -1.08. The van der Waals surface area contributed by atoms with Gasteiger partial charge < -0.3 is 31.0 Å². The quantitative estimate of drug-likeness (QED) is 0.345. The molecule has 1 aromatic carbocycles. The van der Waals surface area contributed by atoms with Gasteiger partial charge in [-0.05, 0) is 49.9 Å². The molecule has 0 bridgehead atoms. The molecule has 152 valence electrons. The van der Waals surface area contributed by atoms with E-state index in [9.17, 15) is 24.3 Å². The van der Waals surface area contributed by atoms with Crippen LogP contribution in [0.1, 0.15) is 31.2 Å². The van der Waals surface area contributed by atoms with Crippen molar-refractivity contribution in [2.45, 2.75) is 50.2 Å². The van der Waals surface area contributed by atoms with Gasteiger partial charge in [0.2, 0.25) is 11.8 Å². The Morgan fingerprint density at radius 1 is 1.21 bits per heavy atom. The maximum atomic E-state index is 12.6. The first kappa shape index (κ1) is 21.4. The number of hydrogen-bond acceptors (Lipinski definition) is 6. The van der Waals surface area contributed by atoms with Gasteiger partial charge in [0.1, 0.15) is 18.1 Å². The molecule has 1 aliphatic rings. The summed E-state index contributed by atoms with van der Waals surface area (Å²) in [5.74, 6) is -1.96. The van der Waals surface area contributed by atoms with Crippen molar-refractivity contribution >= 4 is 24.1 Å². The molecule has 3 atom stereocenters. The summed E-state index contributed by atoms with van der Waals surface area (Å²) in [4.78, 5) is 47.1. The maximum Gasteiger partial charge on any atom is 0.303 e. The third-order valence-corrected chi connectivity index (χ3v) is 4.54. The largest absolute Gasteiger partial charge is 0.508 e. The molecule has 0 spiro atoms. The number of carbonyl (C=O) groups excluding carboxylic acids is 3. The van der Waals surface area contributed by atoms with Crippen molar-refractivity contribution in [1.29, 1.82) is 0 Å². The molecule has 0 aromatic heterocycles. The second-order valence-electron chi connectivity index (χ2n) is 6.76. The number of benzene rings is 1. The van der Waals surface area contributed by atoms with Crippen LogP contribution in [0.15, 0.2) is 24.3 Å². The molecule has 2 amide bonds. The van der Waals surface area contributed by atoms with Gasteiger partial charge in [-0.3, -0.25) is 14.4 Å². The number of amides is 2. The third-order valence-electron chi connectivity index (χ3n) is 4.54. The summed E-state index contributed by atoms with van der Waals surface area (Å²) in [6.45, 7) is 0.712. The van der Waals surface area contributed by atoms with Crippen molar-refractivity contribution in [3.8, 4) is 5.75 Å². The van der Waals surface area contributed by atoms with Crippen LogP contribution in [0.5, 0.6) is 5.75 Å². The standard InChI is InChI=1S/C19H25N3O6/c23-11-13(10-12-3-5-14(24)6-4-12)21-19(28)16(7-8-17(25)26)22-18(27)15-2-1-9-20-15/h3-6,11,13,15-16,20,24H,1-2,7-10H2,(H,21,28)(H,22,27)(H,25,26)/t13-,15-,16-/m0/s1. The number of rotatable bonds is 10. The van der Waals surface area contributed by atoms with E-state index in [2.05, 4.69) is 16.0 Å². The van der Waals surface area contributed by atoms with Gasteiger partial charge in [0, 0.05) is 6.42 Å². The summed E-state index contributed by atoms with van der Waals surface area (Å²) in [5, 5.41) is 26.4. The Morgan fingerprint density at radius 2 is 1.93 bits per heavy atom. The van der Waals surface area contributed by atoms with Crippen LogP contribution in [0.3, 0.4) is 0 Å². The zero-order valence-electron chi connectivity index (χ0n) is 15.4. The summed E-state index contributed by atoms with van der Waals surface area (Å²) in [6.07, 6.45) is 1.92. The number of phenols is 1. The summed E-state index contributed by atoms with van der Waals surface area (Å²) >= 11 is 0. The number of carbonyl (C=O) groups is 4. The van der Waals surface area contributed by atoms with Crippen LogP contribution in [-0.2, 0) is 25.6 Å². The molecule has 2 rings (SSSR count). The summed E-state index contributed by atoms with van der Waals surface area (Å²) in [7, 11) is 0.